The molecular weight excluding hydrogens is 328 g/mol. The Morgan fingerprint density at radius 3 is 2.54 bits per heavy atom. The third kappa shape index (κ3) is 3.49. The summed E-state index contributed by atoms with van der Waals surface area (Å²) in [6, 6.07) is 9.54. The molecule has 0 saturated carbocycles. The minimum atomic E-state index is -3.23. The van der Waals surface area contributed by atoms with Crippen molar-refractivity contribution in [3.63, 3.8) is 0 Å². The van der Waals surface area contributed by atoms with E-state index in [1.165, 1.54) is 10.6 Å². The lowest BCUT2D eigenvalue weighted by Crippen LogP contribution is -2.37. The molecule has 3 rings (SSSR count). The molecule has 24 heavy (non-hydrogen) atoms. The van der Waals surface area contributed by atoms with Crippen molar-refractivity contribution in [2.45, 2.75) is 6.42 Å². The fraction of sp³-hybridized carbons (Fsp3) is 0.375. The first kappa shape index (κ1) is 16.7. The Hall–Kier alpha value is -2.19. The van der Waals surface area contributed by atoms with Crippen LogP contribution in [0.4, 0.5) is 0 Å². The van der Waals surface area contributed by atoms with Crippen molar-refractivity contribution in [2.75, 3.05) is 32.4 Å². The van der Waals surface area contributed by atoms with Crippen LogP contribution >= 0.6 is 0 Å². The van der Waals surface area contributed by atoms with Gasteiger partial charge >= 0.3 is 0 Å². The maximum atomic E-state index is 12.9. The van der Waals surface area contributed by atoms with Crippen LogP contribution in [0, 0.1) is 0 Å². The Balaban J connectivity index is 1.80. The largest absolute Gasteiger partial charge is 0.336 e. The molecule has 0 unspecified atom stereocenters. The molecule has 1 aromatic carbocycles. The van der Waals surface area contributed by atoms with Gasteiger partial charge in [0.15, 0.2) is 0 Å². The Bertz CT molecular complexity index is 817. The number of benzene rings is 1. The maximum absolute atomic E-state index is 12.9. The molecule has 1 fully saturated rings. The molecule has 8 heteroatoms. The molecule has 1 aliphatic heterocycles. The highest BCUT2D eigenvalue weighted by molar-refractivity contribution is 7.88. The summed E-state index contributed by atoms with van der Waals surface area (Å²) in [5, 5.41) is 0. The highest BCUT2D eigenvalue weighted by atomic mass is 32.2. The van der Waals surface area contributed by atoms with Crippen LogP contribution in [0.2, 0.25) is 0 Å². The minimum absolute atomic E-state index is 0.133. The molecule has 0 radical (unpaired) electrons. The van der Waals surface area contributed by atoms with E-state index in [1.54, 1.807) is 22.0 Å². The first-order chi connectivity index (χ1) is 11.5. The molecule has 0 spiro atoms. The monoisotopic (exact) mass is 348 g/mol. The van der Waals surface area contributed by atoms with Gasteiger partial charge in [0.1, 0.15) is 5.69 Å². The number of nitrogens with zero attached hydrogens (tertiary/aromatic N) is 4. The van der Waals surface area contributed by atoms with Crippen molar-refractivity contribution in [2.24, 2.45) is 0 Å². The Morgan fingerprint density at radius 2 is 1.83 bits per heavy atom. The third-order valence-corrected chi connectivity index (χ3v) is 5.41. The summed E-state index contributed by atoms with van der Waals surface area (Å²) >= 11 is 0. The van der Waals surface area contributed by atoms with E-state index >= 15 is 0 Å². The number of imidazole rings is 1. The Kier molecular flexibility index (Phi) is 4.68. The normalized spacial score (nSPS) is 16.8. The molecule has 1 amide bonds. The molecule has 1 aliphatic rings. The molecule has 0 atom stereocenters. The molecule has 2 aromatic rings. The molecule has 0 aliphatic carbocycles. The zero-order valence-corrected chi connectivity index (χ0v) is 14.3. The van der Waals surface area contributed by atoms with Crippen molar-refractivity contribution >= 4 is 15.9 Å². The number of aromatic nitrogens is 2. The average Bonchev–Trinajstić information content (AvgIpc) is 2.90. The standard InChI is InChI=1S/C16H20N4O3S/c1-24(22,23)19-9-5-8-18(10-11-19)16(21)15-12-17-13-20(15)14-6-3-2-4-7-14/h2-4,6-7,12-13H,5,8-11H2,1H3. The lowest BCUT2D eigenvalue weighted by Gasteiger charge is -2.21. The summed E-state index contributed by atoms with van der Waals surface area (Å²) < 4.78 is 26.6. The zero-order valence-electron chi connectivity index (χ0n) is 13.5. The van der Waals surface area contributed by atoms with Crippen molar-refractivity contribution in [3.05, 3.63) is 48.5 Å². The number of carbonyl (C=O) groups excluding carboxylic acids is 1. The van der Waals surface area contributed by atoms with E-state index in [2.05, 4.69) is 4.98 Å². The number of hydrogen-bond acceptors (Lipinski definition) is 4. The van der Waals surface area contributed by atoms with Crippen LogP contribution in [0.25, 0.3) is 5.69 Å². The second-order valence-electron chi connectivity index (χ2n) is 5.79. The number of rotatable bonds is 3. The summed E-state index contributed by atoms with van der Waals surface area (Å²) in [4.78, 5) is 18.7. The summed E-state index contributed by atoms with van der Waals surface area (Å²) in [6.45, 7) is 1.68. The quantitative estimate of drug-likeness (QED) is 0.829. The molecule has 0 bridgehead atoms. The summed E-state index contributed by atoms with van der Waals surface area (Å²) in [7, 11) is -3.23. The Morgan fingerprint density at radius 1 is 1.08 bits per heavy atom. The van der Waals surface area contributed by atoms with E-state index < -0.39 is 10.0 Å². The SMILES string of the molecule is CS(=O)(=O)N1CCCN(C(=O)c2cncn2-c2ccccc2)CC1. The van der Waals surface area contributed by atoms with Gasteiger partial charge in [0, 0.05) is 31.9 Å². The minimum Gasteiger partial charge on any atom is -0.336 e. The molecule has 128 valence electrons. The number of sulfonamides is 1. The Labute approximate surface area is 141 Å². The maximum Gasteiger partial charge on any atom is 0.272 e. The summed E-state index contributed by atoms with van der Waals surface area (Å²) in [5.74, 6) is -0.133. The van der Waals surface area contributed by atoms with Gasteiger partial charge in [0.25, 0.3) is 5.91 Å². The molecular formula is C16H20N4O3S. The van der Waals surface area contributed by atoms with Crippen molar-refractivity contribution in [3.8, 4) is 5.69 Å². The van der Waals surface area contributed by atoms with E-state index in [0.29, 0.717) is 38.3 Å². The van der Waals surface area contributed by atoms with E-state index in [9.17, 15) is 13.2 Å². The van der Waals surface area contributed by atoms with E-state index in [4.69, 9.17) is 0 Å². The summed E-state index contributed by atoms with van der Waals surface area (Å²) in [5.41, 5.74) is 1.35. The highest BCUT2D eigenvalue weighted by Crippen LogP contribution is 2.15. The number of carbonyl (C=O) groups is 1. The van der Waals surface area contributed by atoms with Gasteiger partial charge in [0.2, 0.25) is 10.0 Å². The van der Waals surface area contributed by atoms with Crippen molar-refractivity contribution in [1.82, 2.24) is 18.8 Å². The molecule has 2 heterocycles. The molecule has 1 saturated heterocycles. The highest BCUT2D eigenvalue weighted by Gasteiger charge is 2.26. The topological polar surface area (TPSA) is 75.5 Å². The first-order valence-electron chi connectivity index (χ1n) is 7.79. The van der Waals surface area contributed by atoms with Crippen LogP contribution < -0.4 is 0 Å². The second-order valence-corrected chi connectivity index (χ2v) is 7.77. The van der Waals surface area contributed by atoms with E-state index in [1.807, 2.05) is 30.3 Å². The van der Waals surface area contributed by atoms with Gasteiger partial charge < -0.3 is 4.90 Å². The molecule has 7 nitrogen and oxygen atoms in total. The smallest absolute Gasteiger partial charge is 0.272 e. The van der Waals surface area contributed by atoms with Crippen LogP contribution in [0.5, 0.6) is 0 Å². The van der Waals surface area contributed by atoms with Crippen LogP contribution in [0.15, 0.2) is 42.9 Å². The van der Waals surface area contributed by atoms with Crippen molar-refractivity contribution in [1.29, 1.82) is 0 Å². The van der Waals surface area contributed by atoms with Gasteiger partial charge in [-0.25, -0.2) is 17.7 Å². The fourth-order valence-electron chi connectivity index (χ4n) is 2.84. The fourth-order valence-corrected chi connectivity index (χ4v) is 3.71. The van der Waals surface area contributed by atoms with Gasteiger partial charge in [-0.05, 0) is 18.6 Å². The van der Waals surface area contributed by atoms with E-state index in [-0.39, 0.29) is 5.91 Å². The van der Waals surface area contributed by atoms with Crippen LogP contribution in [-0.4, -0.2) is 65.5 Å². The van der Waals surface area contributed by atoms with Gasteiger partial charge in [-0.15, -0.1) is 0 Å². The van der Waals surface area contributed by atoms with Crippen molar-refractivity contribution < 1.29 is 13.2 Å². The molecule has 0 N–H and O–H groups in total. The first-order valence-corrected chi connectivity index (χ1v) is 9.64. The van der Waals surface area contributed by atoms with Gasteiger partial charge in [-0.2, -0.15) is 0 Å². The predicted octanol–water partition coefficient (Wildman–Crippen LogP) is 0.980. The van der Waals surface area contributed by atoms with Gasteiger partial charge in [-0.3, -0.25) is 9.36 Å². The van der Waals surface area contributed by atoms with Crippen LogP contribution in [0.3, 0.4) is 0 Å². The number of hydrogen-bond donors (Lipinski definition) is 0. The lowest BCUT2D eigenvalue weighted by atomic mass is 10.3. The predicted molar refractivity (Wildman–Crippen MR) is 90.5 cm³/mol. The van der Waals surface area contributed by atoms with Gasteiger partial charge in [0.05, 0.1) is 18.8 Å². The summed E-state index contributed by atoms with van der Waals surface area (Å²) in [6.07, 6.45) is 4.99. The number of amides is 1. The van der Waals surface area contributed by atoms with Crippen LogP contribution in [0.1, 0.15) is 16.9 Å². The van der Waals surface area contributed by atoms with Crippen LogP contribution in [-0.2, 0) is 10.0 Å². The third-order valence-electron chi connectivity index (χ3n) is 4.10. The average molecular weight is 348 g/mol. The molecule has 1 aromatic heterocycles. The number of para-hydroxylation sites is 1. The van der Waals surface area contributed by atoms with Gasteiger partial charge in [-0.1, -0.05) is 18.2 Å². The lowest BCUT2D eigenvalue weighted by molar-refractivity contribution is 0.0756. The second kappa shape index (κ2) is 6.74. The zero-order chi connectivity index (χ0) is 17.2. The van der Waals surface area contributed by atoms with E-state index in [0.717, 1.165) is 5.69 Å².